The first-order chi connectivity index (χ1) is 7.27. The summed E-state index contributed by atoms with van der Waals surface area (Å²) < 4.78 is 2.04. The second kappa shape index (κ2) is 4.14. The summed E-state index contributed by atoms with van der Waals surface area (Å²) in [5.74, 6) is 0.722. The highest BCUT2D eigenvalue weighted by atomic mass is 32.1. The van der Waals surface area contributed by atoms with Crippen LogP contribution in [0, 0.1) is 11.7 Å². The number of nitrogens with zero attached hydrogens (tertiary/aromatic N) is 4. The van der Waals surface area contributed by atoms with Crippen molar-refractivity contribution in [2.75, 3.05) is 0 Å². The maximum atomic E-state index is 5.00. The number of hydrogen-bond acceptors (Lipinski definition) is 4. The lowest BCUT2D eigenvalue weighted by atomic mass is 10.3. The monoisotopic (exact) mass is 219 g/mol. The zero-order chi connectivity index (χ0) is 10.7. The molecule has 0 bridgehead atoms. The van der Waals surface area contributed by atoms with E-state index in [1.54, 1.807) is 23.3 Å². The summed E-state index contributed by atoms with van der Waals surface area (Å²) >= 11 is 5.00. The molecule has 5 nitrogen and oxygen atoms in total. The summed E-state index contributed by atoms with van der Waals surface area (Å²) in [5.41, 5.74) is 0.917. The van der Waals surface area contributed by atoms with Crippen LogP contribution in [-0.4, -0.2) is 26.1 Å². The van der Waals surface area contributed by atoms with Crippen molar-refractivity contribution in [2.24, 2.45) is 5.10 Å². The maximum Gasteiger partial charge on any atom is 0.216 e. The lowest BCUT2D eigenvalue weighted by Gasteiger charge is -1.93. The number of H-pyrrole nitrogens is 1. The first kappa shape index (κ1) is 9.72. The molecule has 15 heavy (non-hydrogen) atoms. The Morgan fingerprint density at radius 1 is 1.60 bits per heavy atom. The van der Waals surface area contributed by atoms with Crippen LogP contribution < -0.4 is 0 Å². The van der Waals surface area contributed by atoms with Gasteiger partial charge in [-0.05, 0) is 25.2 Å². The SMILES string of the molecule is Cc1n[nH]c(=S)n1/N=C/c1cccnc1. The second-order valence-corrected chi connectivity index (χ2v) is 3.31. The lowest BCUT2D eigenvalue weighted by Crippen LogP contribution is -1.93. The Bertz CT molecular complexity index is 525. The molecule has 0 radical (unpaired) electrons. The van der Waals surface area contributed by atoms with E-state index in [4.69, 9.17) is 12.2 Å². The third kappa shape index (κ3) is 2.16. The Kier molecular flexibility index (Phi) is 2.68. The van der Waals surface area contributed by atoms with E-state index in [9.17, 15) is 0 Å². The van der Waals surface area contributed by atoms with Gasteiger partial charge in [0.2, 0.25) is 4.77 Å². The van der Waals surface area contributed by atoms with Crippen LogP contribution in [0.4, 0.5) is 0 Å². The fraction of sp³-hybridized carbons (Fsp3) is 0.111. The molecule has 0 aromatic carbocycles. The van der Waals surface area contributed by atoms with Crippen LogP contribution in [-0.2, 0) is 0 Å². The van der Waals surface area contributed by atoms with Gasteiger partial charge in [0, 0.05) is 18.0 Å². The van der Waals surface area contributed by atoms with Crippen LogP contribution in [0.2, 0.25) is 0 Å². The van der Waals surface area contributed by atoms with Crippen molar-refractivity contribution in [3.05, 3.63) is 40.7 Å². The molecule has 2 rings (SSSR count). The molecule has 6 heteroatoms. The van der Waals surface area contributed by atoms with Crippen LogP contribution in [0.15, 0.2) is 29.6 Å². The lowest BCUT2D eigenvalue weighted by molar-refractivity contribution is 0.820. The summed E-state index contributed by atoms with van der Waals surface area (Å²) in [4.78, 5) is 3.98. The number of aromatic amines is 1. The minimum atomic E-state index is 0.479. The third-order valence-corrected chi connectivity index (χ3v) is 2.08. The molecule has 0 fully saturated rings. The summed E-state index contributed by atoms with van der Waals surface area (Å²) in [7, 11) is 0. The highest BCUT2D eigenvalue weighted by Gasteiger charge is 1.96. The van der Waals surface area contributed by atoms with Crippen molar-refractivity contribution < 1.29 is 0 Å². The van der Waals surface area contributed by atoms with Gasteiger partial charge in [0.05, 0.1) is 6.21 Å². The van der Waals surface area contributed by atoms with E-state index in [1.807, 2.05) is 19.1 Å². The summed E-state index contributed by atoms with van der Waals surface area (Å²) in [6, 6.07) is 3.76. The Labute approximate surface area is 91.5 Å². The molecule has 2 heterocycles. The molecule has 0 atom stereocenters. The molecular formula is C9H9N5S. The van der Waals surface area contributed by atoms with Gasteiger partial charge in [-0.3, -0.25) is 10.1 Å². The van der Waals surface area contributed by atoms with Gasteiger partial charge >= 0.3 is 0 Å². The van der Waals surface area contributed by atoms with Crippen LogP contribution in [0.1, 0.15) is 11.4 Å². The molecule has 0 aliphatic rings. The first-order valence-electron chi connectivity index (χ1n) is 4.36. The van der Waals surface area contributed by atoms with E-state index in [2.05, 4.69) is 20.3 Å². The first-order valence-corrected chi connectivity index (χ1v) is 4.76. The molecule has 0 saturated heterocycles. The van der Waals surface area contributed by atoms with Gasteiger partial charge in [0.15, 0.2) is 0 Å². The van der Waals surface area contributed by atoms with Gasteiger partial charge in [0.25, 0.3) is 0 Å². The Morgan fingerprint density at radius 2 is 2.47 bits per heavy atom. The average Bonchev–Trinajstić information content (AvgIpc) is 2.58. The highest BCUT2D eigenvalue weighted by molar-refractivity contribution is 7.71. The topological polar surface area (TPSA) is 58.9 Å². The molecule has 1 N–H and O–H groups in total. The average molecular weight is 219 g/mol. The normalized spacial score (nSPS) is 11.0. The Balaban J connectivity index is 2.30. The van der Waals surface area contributed by atoms with Crippen LogP contribution in [0.3, 0.4) is 0 Å². The minimum absolute atomic E-state index is 0.479. The van der Waals surface area contributed by atoms with Gasteiger partial charge in [-0.1, -0.05) is 6.07 Å². The molecule has 0 unspecified atom stereocenters. The fourth-order valence-corrected chi connectivity index (χ4v) is 1.31. The highest BCUT2D eigenvalue weighted by Crippen LogP contribution is 1.96. The number of aryl methyl sites for hydroxylation is 1. The fourth-order valence-electron chi connectivity index (χ4n) is 1.08. The van der Waals surface area contributed by atoms with E-state index >= 15 is 0 Å². The Morgan fingerprint density at radius 3 is 3.07 bits per heavy atom. The predicted molar refractivity (Wildman–Crippen MR) is 59.4 cm³/mol. The van der Waals surface area contributed by atoms with E-state index < -0.39 is 0 Å². The van der Waals surface area contributed by atoms with Crippen LogP contribution in [0.25, 0.3) is 0 Å². The van der Waals surface area contributed by atoms with Crippen molar-refractivity contribution in [3.63, 3.8) is 0 Å². The number of aromatic nitrogens is 4. The van der Waals surface area contributed by atoms with Gasteiger partial charge < -0.3 is 0 Å². The third-order valence-electron chi connectivity index (χ3n) is 1.82. The minimum Gasteiger partial charge on any atom is -0.264 e. The molecule has 2 aromatic heterocycles. The number of hydrogen-bond donors (Lipinski definition) is 1. The Hall–Kier alpha value is -1.82. The van der Waals surface area contributed by atoms with Gasteiger partial charge in [-0.2, -0.15) is 14.9 Å². The summed E-state index contributed by atoms with van der Waals surface area (Å²) in [6.07, 6.45) is 5.12. The number of rotatable bonds is 2. The van der Waals surface area contributed by atoms with Crippen molar-refractivity contribution >= 4 is 18.4 Å². The van der Waals surface area contributed by atoms with Gasteiger partial charge in [-0.15, -0.1) is 0 Å². The number of pyridine rings is 1. The summed E-state index contributed by atoms with van der Waals surface area (Å²) in [6.45, 7) is 1.83. The largest absolute Gasteiger partial charge is 0.264 e. The van der Waals surface area contributed by atoms with E-state index in [0.717, 1.165) is 11.4 Å². The number of nitrogens with one attached hydrogen (secondary N) is 1. The van der Waals surface area contributed by atoms with E-state index in [-0.39, 0.29) is 0 Å². The molecule has 0 aliphatic heterocycles. The van der Waals surface area contributed by atoms with E-state index in [0.29, 0.717) is 4.77 Å². The smallest absolute Gasteiger partial charge is 0.216 e. The molecule has 0 aliphatic carbocycles. The van der Waals surface area contributed by atoms with Crippen molar-refractivity contribution in [1.29, 1.82) is 0 Å². The molecule has 0 amide bonds. The zero-order valence-corrected chi connectivity index (χ0v) is 8.90. The molecular weight excluding hydrogens is 210 g/mol. The van der Waals surface area contributed by atoms with Gasteiger partial charge in [0.1, 0.15) is 5.82 Å². The standard InChI is InChI=1S/C9H9N5S/c1-7-12-13-9(15)14(7)11-6-8-3-2-4-10-5-8/h2-6H,1H3,(H,13,15)/b11-6+. The maximum absolute atomic E-state index is 5.00. The van der Waals surface area contributed by atoms with Crippen LogP contribution in [0.5, 0.6) is 0 Å². The molecule has 0 spiro atoms. The molecule has 0 saturated carbocycles. The quantitative estimate of drug-likeness (QED) is 0.615. The molecule has 2 aromatic rings. The molecule has 76 valence electrons. The van der Waals surface area contributed by atoms with Crippen molar-refractivity contribution in [3.8, 4) is 0 Å². The van der Waals surface area contributed by atoms with E-state index in [1.165, 1.54) is 0 Å². The second-order valence-electron chi connectivity index (χ2n) is 2.92. The van der Waals surface area contributed by atoms with Crippen molar-refractivity contribution in [1.82, 2.24) is 19.9 Å². The van der Waals surface area contributed by atoms with Gasteiger partial charge in [-0.25, -0.2) is 0 Å². The predicted octanol–water partition coefficient (Wildman–Crippen LogP) is 1.53. The summed E-state index contributed by atoms with van der Waals surface area (Å²) in [5, 5.41) is 10.8. The van der Waals surface area contributed by atoms with Crippen molar-refractivity contribution in [2.45, 2.75) is 6.92 Å². The zero-order valence-electron chi connectivity index (χ0n) is 8.08. The van der Waals surface area contributed by atoms with Crippen LogP contribution >= 0.6 is 12.2 Å².